The number of carbonyl (C=O) groups excluding carboxylic acids is 1. The molecule has 1 aliphatic heterocycles. The number of para-hydroxylation sites is 1. The van der Waals surface area contributed by atoms with Crippen LogP contribution in [0, 0.1) is 11.6 Å². The van der Waals surface area contributed by atoms with Crippen LogP contribution in [0.4, 0.5) is 14.5 Å². The van der Waals surface area contributed by atoms with E-state index >= 15 is 0 Å². The lowest BCUT2D eigenvalue weighted by Crippen LogP contribution is -2.16. The summed E-state index contributed by atoms with van der Waals surface area (Å²) in [5.74, 6) is -1.43. The molecular weight excluding hydrogens is 380 g/mol. The Kier molecular flexibility index (Phi) is 5.53. The van der Waals surface area contributed by atoms with E-state index in [1.807, 2.05) is 0 Å². The van der Waals surface area contributed by atoms with Crippen molar-refractivity contribution in [3.63, 3.8) is 0 Å². The van der Waals surface area contributed by atoms with Crippen LogP contribution in [-0.4, -0.2) is 35.0 Å². The molecule has 6 nitrogen and oxygen atoms in total. The van der Waals surface area contributed by atoms with Gasteiger partial charge in [0.15, 0.2) is 17.3 Å². The largest absolute Gasteiger partial charge is 0.491 e. The van der Waals surface area contributed by atoms with Gasteiger partial charge in [-0.2, -0.15) is 5.10 Å². The Bertz CT molecular complexity index is 996. The van der Waals surface area contributed by atoms with Crippen molar-refractivity contribution in [1.29, 1.82) is 0 Å². The van der Waals surface area contributed by atoms with Crippen molar-refractivity contribution < 1.29 is 23.0 Å². The van der Waals surface area contributed by atoms with Gasteiger partial charge in [-0.3, -0.25) is 4.79 Å². The molecule has 2 aromatic carbocycles. The molecule has 0 bridgehead atoms. The highest BCUT2D eigenvalue weighted by Crippen LogP contribution is 2.21. The number of halogens is 2. The molecule has 150 valence electrons. The first-order valence-electron chi connectivity index (χ1n) is 9.26. The van der Waals surface area contributed by atoms with E-state index in [2.05, 4.69) is 10.4 Å². The summed E-state index contributed by atoms with van der Waals surface area (Å²) in [5.41, 5.74) is 0.209. The summed E-state index contributed by atoms with van der Waals surface area (Å²) in [7, 11) is 0. The Morgan fingerprint density at radius 2 is 2.00 bits per heavy atom. The van der Waals surface area contributed by atoms with Crippen molar-refractivity contribution in [3.05, 3.63) is 72.1 Å². The molecule has 3 aromatic rings. The number of amides is 1. The van der Waals surface area contributed by atoms with E-state index in [-0.39, 0.29) is 17.5 Å². The fourth-order valence-electron chi connectivity index (χ4n) is 3.10. The number of hydrogen-bond donors (Lipinski definition) is 1. The fraction of sp³-hybridized carbons (Fsp3) is 0.238. The smallest absolute Gasteiger partial charge is 0.276 e. The first kappa shape index (κ1) is 19.1. The first-order valence-corrected chi connectivity index (χ1v) is 9.26. The molecule has 29 heavy (non-hydrogen) atoms. The maximum atomic E-state index is 13.9. The first-order chi connectivity index (χ1) is 14.1. The predicted molar refractivity (Wildman–Crippen MR) is 102 cm³/mol. The minimum absolute atomic E-state index is 0.0262. The van der Waals surface area contributed by atoms with E-state index in [1.54, 1.807) is 24.3 Å². The molecular formula is C21H19F2N3O3. The van der Waals surface area contributed by atoms with Crippen LogP contribution in [0.2, 0.25) is 0 Å². The van der Waals surface area contributed by atoms with Crippen LogP contribution in [0.3, 0.4) is 0 Å². The Labute approximate surface area is 166 Å². The summed E-state index contributed by atoms with van der Waals surface area (Å²) in [5, 5.41) is 6.69. The number of benzene rings is 2. The van der Waals surface area contributed by atoms with Crippen LogP contribution in [-0.2, 0) is 4.74 Å². The van der Waals surface area contributed by atoms with Gasteiger partial charge in [-0.15, -0.1) is 0 Å². The summed E-state index contributed by atoms with van der Waals surface area (Å²) >= 11 is 0. The number of hydrogen-bond acceptors (Lipinski definition) is 4. The lowest BCUT2D eigenvalue weighted by Gasteiger charge is -2.12. The molecule has 1 atom stereocenters. The van der Waals surface area contributed by atoms with Crippen LogP contribution in [0.25, 0.3) is 5.69 Å². The normalized spacial score (nSPS) is 16.0. The van der Waals surface area contributed by atoms with Crippen LogP contribution >= 0.6 is 0 Å². The van der Waals surface area contributed by atoms with Gasteiger partial charge in [-0.1, -0.05) is 12.1 Å². The second kappa shape index (κ2) is 8.40. The zero-order valence-corrected chi connectivity index (χ0v) is 15.5. The number of aromatic nitrogens is 2. The van der Waals surface area contributed by atoms with Crippen LogP contribution in [0.1, 0.15) is 23.3 Å². The average Bonchev–Trinajstić information content (AvgIpc) is 3.39. The van der Waals surface area contributed by atoms with Gasteiger partial charge in [0, 0.05) is 24.6 Å². The predicted octanol–water partition coefficient (Wildman–Crippen LogP) is 3.96. The monoisotopic (exact) mass is 399 g/mol. The molecule has 0 spiro atoms. The summed E-state index contributed by atoms with van der Waals surface area (Å²) in [6, 6.07) is 11.9. The van der Waals surface area contributed by atoms with Gasteiger partial charge in [0.2, 0.25) is 0 Å². The maximum Gasteiger partial charge on any atom is 0.276 e. The number of rotatable bonds is 6. The quantitative estimate of drug-likeness (QED) is 0.682. The van der Waals surface area contributed by atoms with E-state index in [9.17, 15) is 13.6 Å². The van der Waals surface area contributed by atoms with Gasteiger partial charge in [0.25, 0.3) is 5.91 Å². The zero-order valence-electron chi connectivity index (χ0n) is 15.5. The Balaban J connectivity index is 1.43. The number of nitrogens with one attached hydrogen (secondary N) is 1. The van der Waals surface area contributed by atoms with E-state index in [0.717, 1.165) is 36.3 Å². The third-order valence-electron chi connectivity index (χ3n) is 4.54. The van der Waals surface area contributed by atoms with Crippen molar-refractivity contribution in [2.45, 2.75) is 18.9 Å². The fourth-order valence-corrected chi connectivity index (χ4v) is 3.10. The highest BCUT2D eigenvalue weighted by molar-refractivity contribution is 6.02. The zero-order chi connectivity index (χ0) is 20.2. The van der Waals surface area contributed by atoms with Gasteiger partial charge >= 0.3 is 0 Å². The summed E-state index contributed by atoms with van der Waals surface area (Å²) in [4.78, 5) is 12.5. The molecule has 1 fully saturated rings. The van der Waals surface area contributed by atoms with E-state index in [0.29, 0.717) is 18.0 Å². The van der Waals surface area contributed by atoms with Gasteiger partial charge in [-0.25, -0.2) is 13.5 Å². The van der Waals surface area contributed by atoms with Gasteiger partial charge in [-0.05, 0) is 43.2 Å². The molecule has 1 aliphatic rings. The number of ether oxygens (including phenoxy) is 2. The standard InChI is InChI=1S/C21H19F2N3O3/c22-17-7-2-8-18(23)20(17)26-10-9-19(25-26)21(27)24-14-4-1-5-15(12-14)29-13-16-6-3-11-28-16/h1-2,4-5,7-10,12,16H,3,6,11,13H2,(H,24,27). The topological polar surface area (TPSA) is 65.4 Å². The lowest BCUT2D eigenvalue weighted by atomic mass is 10.2. The van der Waals surface area contributed by atoms with Crippen molar-refractivity contribution >= 4 is 11.6 Å². The molecule has 1 amide bonds. The Hall–Kier alpha value is -3.26. The molecule has 0 radical (unpaired) electrons. The summed E-state index contributed by atoms with van der Waals surface area (Å²) in [6.07, 6.45) is 3.43. The van der Waals surface area contributed by atoms with E-state index in [4.69, 9.17) is 9.47 Å². The van der Waals surface area contributed by atoms with Gasteiger partial charge in [0.1, 0.15) is 18.0 Å². The molecule has 1 unspecified atom stereocenters. The molecule has 8 heteroatoms. The Morgan fingerprint density at radius 1 is 1.21 bits per heavy atom. The molecule has 1 N–H and O–H groups in total. The van der Waals surface area contributed by atoms with E-state index in [1.165, 1.54) is 18.3 Å². The molecule has 0 aliphatic carbocycles. The summed E-state index contributed by atoms with van der Waals surface area (Å²) < 4.78 is 40.0. The molecule has 1 aromatic heterocycles. The molecule has 0 saturated carbocycles. The maximum absolute atomic E-state index is 13.9. The highest BCUT2D eigenvalue weighted by atomic mass is 19.1. The van der Waals surface area contributed by atoms with Crippen LogP contribution in [0.5, 0.6) is 5.75 Å². The summed E-state index contributed by atoms with van der Waals surface area (Å²) in [6.45, 7) is 1.21. The second-order valence-electron chi connectivity index (χ2n) is 6.64. The highest BCUT2D eigenvalue weighted by Gasteiger charge is 2.17. The number of nitrogens with zero attached hydrogens (tertiary/aromatic N) is 2. The van der Waals surface area contributed by atoms with Gasteiger partial charge < -0.3 is 14.8 Å². The van der Waals surface area contributed by atoms with Crippen molar-refractivity contribution in [3.8, 4) is 11.4 Å². The van der Waals surface area contributed by atoms with E-state index < -0.39 is 17.5 Å². The SMILES string of the molecule is O=C(Nc1cccc(OCC2CCCO2)c1)c1ccn(-c2c(F)cccc2F)n1. The average molecular weight is 399 g/mol. The van der Waals surface area contributed by atoms with Crippen LogP contribution < -0.4 is 10.1 Å². The van der Waals surface area contributed by atoms with Crippen molar-refractivity contribution in [2.75, 3.05) is 18.5 Å². The third-order valence-corrected chi connectivity index (χ3v) is 4.54. The lowest BCUT2D eigenvalue weighted by molar-refractivity contribution is 0.0680. The van der Waals surface area contributed by atoms with Crippen molar-refractivity contribution in [2.24, 2.45) is 0 Å². The van der Waals surface area contributed by atoms with Crippen molar-refractivity contribution in [1.82, 2.24) is 9.78 Å². The molecule has 1 saturated heterocycles. The number of anilines is 1. The minimum Gasteiger partial charge on any atom is -0.491 e. The van der Waals surface area contributed by atoms with Gasteiger partial charge in [0.05, 0.1) is 6.10 Å². The molecule has 4 rings (SSSR count). The third kappa shape index (κ3) is 4.43. The number of carbonyl (C=O) groups is 1. The van der Waals surface area contributed by atoms with Crippen LogP contribution in [0.15, 0.2) is 54.7 Å². The molecule has 2 heterocycles. The second-order valence-corrected chi connectivity index (χ2v) is 6.64. The Morgan fingerprint density at radius 3 is 2.76 bits per heavy atom. The minimum atomic E-state index is -0.767.